The molecule has 1 unspecified atom stereocenters. The normalized spacial score (nSPS) is 13.8. The summed E-state index contributed by atoms with van der Waals surface area (Å²) in [6.45, 7) is 8.09. The number of hydrogen-bond acceptors (Lipinski definition) is 9. The first-order valence-corrected chi connectivity index (χ1v) is 10.1. The molecule has 2 atom stereocenters. The van der Waals surface area contributed by atoms with Gasteiger partial charge in [-0.15, -0.1) is 0 Å². The van der Waals surface area contributed by atoms with Crippen molar-refractivity contribution < 1.29 is 43.2 Å². The van der Waals surface area contributed by atoms with Gasteiger partial charge in [0, 0.05) is 12.8 Å². The number of benzene rings is 1. The first-order chi connectivity index (χ1) is 14.8. The lowest BCUT2D eigenvalue weighted by Gasteiger charge is -2.28. The summed E-state index contributed by atoms with van der Waals surface area (Å²) in [5.41, 5.74) is 4.73. The van der Waals surface area contributed by atoms with Crippen molar-refractivity contribution in [1.82, 2.24) is 0 Å². The standard InChI is InChI=1S/C22H31NO9/c1-12(2)18(24)31-16-8-7-15(9-17(16)32-19(25)13(3)4)11-22(23,20(26)27)10-14(5)30-21(28)29-6/h7-9,12-14H,10-11,23H2,1-6H3,(H,26,27)/t14-,22?/m0/s1. The van der Waals surface area contributed by atoms with Crippen molar-refractivity contribution in [2.75, 3.05) is 7.11 Å². The minimum absolute atomic E-state index is 0.0261. The highest BCUT2D eigenvalue weighted by Crippen LogP contribution is 2.32. The number of ether oxygens (including phenoxy) is 4. The second kappa shape index (κ2) is 11.5. The SMILES string of the molecule is COC(=O)O[C@@H](C)CC(N)(Cc1ccc(OC(=O)C(C)C)c(OC(=O)C(C)C)c1)C(=O)O. The van der Waals surface area contributed by atoms with Crippen LogP contribution in [0.4, 0.5) is 4.79 Å². The van der Waals surface area contributed by atoms with Gasteiger partial charge < -0.3 is 29.8 Å². The fourth-order valence-corrected chi connectivity index (χ4v) is 2.65. The zero-order valence-electron chi connectivity index (χ0n) is 19.2. The molecular weight excluding hydrogens is 422 g/mol. The molecule has 1 rings (SSSR count). The molecule has 10 nitrogen and oxygen atoms in total. The summed E-state index contributed by atoms with van der Waals surface area (Å²) in [6, 6.07) is 4.33. The van der Waals surface area contributed by atoms with E-state index in [1.807, 2.05) is 0 Å². The van der Waals surface area contributed by atoms with E-state index < -0.39 is 47.5 Å². The summed E-state index contributed by atoms with van der Waals surface area (Å²) in [5.74, 6) is -3.24. The zero-order valence-corrected chi connectivity index (χ0v) is 19.2. The predicted octanol–water partition coefficient (Wildman–Crippen LogP) is 2.70. The van der Waals surface area contributed by atoms with E-state index in [4.69, 9.17) is 19.9 Å². The first kappa shape index (κ1) is 26.9. The maximum absolute atomic E-state index is 12.1. The predicted molar refractivity (Wildman–Crippen MR) is 113 cm³/mol. The van der Waals surface area contributed by atoms with Crippen LogP contribution in [0.5, 0.6) is 11.5 Å². The van der Waals surface area contributed by atoms with Gasteiger partial charge in [-0.3, -0.25) is 14.4 Å². The van der Waals surface area contributed by atoms with E-state index >= 15 is 0 Å². The van der Waals surface area contributed by atoms with Gasteiger partial charge in [-0.25, -0.2) is 4.79 Å². The molecule has 0 aliphatic rings. The number of esters is 2. The Morgan fingerprint density at radius 2 is 1.50 bits per heavy atom. The van der Waals surface area contributed by atoms with Gasteiger partial charge in [0.1, 0.15) is 11.6 Å². The molecule has 0 saturated carbocycles. The van der Waals surface area contributed by atoms with Crippen LogP contribution in [0.2, 0.25) is 0 Å². The Kier molecular flexibility index (Phi) is 9.64. The Labute approximate surface area is 187 Å². The molecule has 32 heavy (non-hydrogen) atoms. The Bertz CT molecular complexity index is 850. The number of carbonyl (C=O) groups is 4. The van der Waals surface area contributed by atoms with E-state index in [1.165, 1.54) is 25.1 Å². The van der Waals surface area contributed by atoms with Gasteiger partial charge in [0.05, 0.1) is 18.9 Å². The number of carbonyl (C=O) groups excluding carboxylic acids is 3. The minimum atomic E-state index is -1.80. The molecule has 0 radical (unpaired) electrons. The number of carboxylic acids is 1. The van der Waals surface area contributed by atoms with E-state index in [1.54, 1.807) is 27.7 Å². The maximum Gasteiger partial charge on any atom is 0.508 e. The quantitative estimate of drug-likeness (QED) is 0.399. The molecule has 0 aromatic heterocycles. The monoisotopic (exact) mass is 453 g/mol. The van der Waals surface area contributed by atoms with Gasteiger partial charge in [0.2, 0.25) is 0 Å². The average molecular weight is 453 g/mol. The second-order valence-corrected chi connectivity index (χ2v) is 8.16. The Hall–Kier alpha value is -3.14. The summed E-state index contributed by atoms with van der Waals surface area (Å²) in [5, 5.41) is 9.70. The minimum Gasteiger partial charge on any atom is -0.480 e. The number of carboxylic acid groups (broad SMARTS) is 1. The fraction of sp³-hybridized carbons (Fsp3) is 0.545. The van der Waals surface area contributed by atoms with E-state index in [0.29, 0.717) is 5.56 Å². The number of rotatable bonds is 10. The van der Waals surface area contributed by atoms with Crippen molar-refractivity contribution in [2.24, 2.45) is 17.6 Å². The lowest BCUT2D eigenvalue weighted by Crippen LogP contribution is -2.52. The molecule has 1 aromatic rings. The first-order valence-electron chi connectivity index (χ1n) is 10.1. The van der Waals surface area contributed by atoms with Crippen molar-refractivity contribution in [3.8, 4) is 11.5 Å². The molecule has 0 spiro atoms. The molecule has 0 aliphatic carbocycles. The highest BCUT2D eigenvalue weighted by molar-refractivity contribution is 5.80. The molecule has 0 bridgehead atoms. The molecule has 0 saturated heterocycles. The van der Waals surface area contributed by atoms with Crippen LogP contribution >= 0.6 is 0 Å². The van der Waals surface area contributed by atoms with Crippen molar-refractivity contribution in [3.05, 3.63) is 23.8 Å². The van der Waals surface area contributed by atoms with Gasteiger partial charge in [-0.1, -0.05) is 33.8 Å². The fourth-order valence-electron chi connectivity index (χ4n) is 2.65. The number of nitrogens with two attached hydrogens (primary N) is 1. The Morgan fingerprint density at radius 3 is 1.97 bits per heavy atom. The molecular formula is C22H31NO9. The lowest BCUT2D eigenvalue weighted by atomic mass is 9.86. The van der Waals surface area contributed by atoms with Gasteiger partial charge >= 0.3 is 24.1 Å². The molecule has 1 aromatic carbocycles. The largest absolute Gasteiger partial charge is 0.508 e. The zero-order chi connectivity index (χ0) is 24.6. The van der Waals surface area contributed by atoms with Crippen LogP contribution in [0.1, 0.15) is 46.6 Å². The van der Waals surface area contributed by atoms with E-state index in [0.717, 1.165) is 7.11 Å². The van der Waals surface area contributed by atoms with Gasteiger partial charge in [0.25, 0.3) is 0 Å². The highest BCUT2D eigenvalue weighted by atomic mass is 16.7. The van der Waals surface area contributed by atoms with Gasteiger partial charge in [-0.2, -0.15) is 0 Å². The third kappa shape index (κ3) is 7.84. The van der Waals surface area contributed by atoms with Crippen molar-refractivity contribution in [3.63, 3.8) is 0 Å². The van der Waals surface area contributed by atoms with E-state index in [2.05, 4.69) is 4.74 Å². The maximum atomic E-state index is 12.1. The molecule has 10 heteroatoms. The third-order valence-corrected chi connectivity index (χ3v) is 4.43. The Balaban J connectivity index is 3.22. The summed E-state index contributed by atoms with van der Waals surface area (Å²) >= 11 is 0. The van der Waals surface area contributed by atoms with Crippen LogP contribution in [0, 0.1) is 11.8 Å². The average Bonchev–Trinajstić information content (AvgIpc) is 2.68. The molecule has 3 N–H and O–H groups in total. The van der Waals surface area contributed by atoms with Crippen molar-refractivity contribution >= 4 is 24.1 Å². The van der Waals surface area contributed by atoms with Crippen LogP contribution in [0.15, 0.2) is 18.2 Å². The van der Waals surface area contributed by atoms with Crippen molar-refractivity contribution in [2.45, 2.75) is 59.1 Å². The molecule has 0 amide bonds. The number of methoxy groups -OCH3 is 1. The van der Waals surface area contributed by atoms with E-state index in [9.17, 15) is 24.3 Å². The third-order valence-electron chi connectivity index (χ3n) is 4.43. The topological polar surface area (TPSA) is 151 Å². The lowest BCUT2D eigenvalue weighted by molar-refractivity contribution is -0.144. The van der Waals surface area contributed by atoms with Gasteiger partial charge in [-0.05, 0) is 24.6 Å². The van der Waals surface area contributed by atoms with Crippen LogP contribution in [0.3, 0.4) is 0 Å². The number of aliphatic carboxylic acids is 1. The second-order valence-electron chi connectivity index (χ2n) is 8.16. The Morgan fingerprint density at radius 1 is 0.969 bits per heavy atom. The number of hydrogen-bond donors (Lipinski definition) is 2. The summed E-state index contributed by atoms with van der Waals surface area (Å²) in [7, 11) is 1.13. The van der Waals surface area contributed by atoms with Crippen molar-refractivity contribution in [1.29, 1.82) is 0 Å². The van der Waals surface area contributed by atoms with E-state index in [-0.39, 0.29) is 24.3 Å². The van der Waals surface area contributed by atoms with Crippen LogP contribution in [-0.2, 0) is 30.3 Å². The van der Waals surface area contributed by atoms with Gasteiger partial charge in [0.15, 0.2) is 11.5 Å². The highest BCUT2D eigenvalue weighted by Gasteiger charge is 2.37. The molecule has 0 aliphatic heterocycles. The van der Waals surface area contributed by atoms with Crippen LogP contribution in [0.25, 0.3) is 0 Å². The molecule has 0 fully saturated rings. The summed E-state index contributed by atoms with van der Waals surface area (Å²) < 4.78 is 20.0. The van der Waals surface area contributed by atoms with Crippen LogP contribution in [-0.4, -0.2) is 47.9 Å². The van der Waals surface area contributed by atoms with Crippen LogP contribution < -0.4 is 15.2 Å². The molecule has 0 heterocycles. The smallest absolute Gasteiger partial charge is 0.480 e. The summed E-state index contributed by atoms with van der Waals surface area (Å²) in [6.07, 6.45) is -2.18. The summed E-state index contributed by atoms with van der Waals surface area (Å²) in [4.78, 5) is 47.3. The molecule has 178 valence electrons.